The van der Waals surface area contributed by atoms with Crippen molar-refractivity contribution >= 4 is 35.7 Å². The standard InChI is InChI=1S/C7H3BrClNO2S/c8-6-3-1-2-5(4-10)7(6)13(9,11)12/h1-3H. The fraction of sp³-hybridized carbons (Fsp3) is 0. The molecule has 0 amide bonds. The average molecular weight is 281 g/mol. The number of nitrogens with zero attached hydrogens (tertiary/aromatic N) is 1. The van der Waals surface area contributed by atoms with Crippen LogP contribution in [0, 0.1) is 11.3 Å². The Morgan fingerprint density at radius 2 is 2.08 bits per heavy atom. The van der Waals surface area contributed by atoms with Crippen LogP contribution in [0.3, 0.4) is 0 Å². The predicted octanol–water partition coefficient (Wildman–Crippen LogP) is 2.25. The maximum absolute atomic E-state index is 11.0. The number of nitriles is 1. The van der Waals surface area contributed by atoms with Gasteiger partial charge in [-0.2, -0.15) is 5.26 Å². The first-order valence-electron chi connectivity index (χ1n) is 3.10. The third kappa shape index (κ3) is 2.21. The first-order valence-corrected chi connectivity index (χ1v) is 6.20. The molecule has 1 aromatic carbocycles. The first-order chi connectivity index (χ1) is 5.96. The zero-order valence-electron chi connectivity index (χ0n) is 6.16. The quantitative estimate of drug-likeness (QED) is 0.741. The Morgan fingerprint density at radius 3 is 2.46 bits per heavy atom. The van der Waals surface area contributed by atoms with Crippen molar-refractivity contribution in [2.24, 2.45) is 0 Å². The Hall–Kier alpha value is -0.570. The molecule has 0 radical (unpaired) electrons. The van der Waals surface area contributed by atoms with Crippen molar-refractivity contribution in [3.8, 4) is 6.07 Å². The number of hydrogen-bond donors (Lipinski definition) is 0. The summed E-state index contributed by atoms with van der Waals surface area (Å²) in [5.41, 5.74) is 0.0318. The van der Waals surface area contributed by atoms with Gasteiger partial charge in [0.15, 0.2) is 0 Å². The highest BCUT2D eigenvalue weighted by molar-refractivity contribution is 9.10. The van der Waals surface area contributed by atoms with E-state index in [1.165, 1.54) is 12.1 Å². The summed E-state index contributed by atoms with van der Waals surface area (Å²) in [6, 6.07) is 6.21. The largest absolute Gasteiger partial charge is 0.263 e. The molecule has 0 N–H and O–H groups in total. The molecule has 13 heavy (non-hydrogen) atoms. The smallest absolute Gasteiger partial charge is 0.207 e. The first kappa shape index (κ1) is 10.5. The summed E-state index contributed by atoms with van der Waals surface area (Å²) < 4.78 is 22.3. The van der Waals surface area contributed by atoms with Gasteiger partial charge in [0.25, 0.3) is 9.05 Å². The normalized spacial score (nSPS) is 10.8. The Bertz CT molecular complexity index is 478. The summed E-state index contributed by atoms with van der Waals surface area (Å²) in [6.07, 6.45) is 0. The fourth-order valence-corrected chi connectivity index (χ4v) is 3.31. The molecule has 1 aromatic rings. The highest BCUT2D eigenvalue weighted by atomic mass is 79.9. The Labute approximate surface area is 88.5 Å². The van der Waals surface area contributed by atoms with Gasteiger partial charge in [-0.05, 0) is 28.1 Å². The number of benzene rings is 1. The molecule has 0 atom stereocenters. The molecule has 0 aromatic heterocycles. The topological polar surface area (TPSA) is 57.9 Å². The van der Waals surface area contributed by atoms with Gasteiger partial charge in [-0.25, -0.2) is 8.42 Å². The molecule has 0 heterocycles. The van der Waals surface area contributed by atoms with E-state index in [1.807, 2.05) is 0 Å². The minimum Gasteiger partial charge on any atom is -0.207 e. The minimum atomic E-state index is -3.87. The van der Waals surface area contributed by atoms with Crippen LogP contribution in [0.25, 0.3) is 0 Å². The summed E-state index contributed by atoms with van der Waals surface area (Å²) in [5.74, 6) is 0. The Morgan fingerprint density at radius 1 is 1.46 bits per heavy atom. The van der Waals surface area contributed by atoms with Crippen LogP contribution in [0.4, 0.5) is 0 Å². The third-order valence-electron chi connectivity index (χ3n) is 1.33. The molecule has 0 aliphatic rings. The SMILES string of the molecule is N#Cc1cccc(Br)c1S(=O)(=O)Cl. The summed E-state index contributed by atoms with van der Waals surface area (Å²) in [4.78, 5) is -0.181. The van der Waals surface area contributed by atoms with E-state index >= 15 is 0 Å². The second-order valence-corrected chi connectivity index (χ2v) is 5.52. The zero-order valence-corrected chi connectivity index (χ0v) is 9.32. The monoisotopic (exact) mass is 279 g/mol. The van der Waals surface area contributed by atoms with Gasteiger partial charge in [0, 0.05) is 15.2 Å². The second-order valence-electron chi connectivity index (χ2n) is 2.17. The lowest BCUT2D eigenvalue weighted by molar-refractivity contribution is 0.609. The van der Waals surface area contributed by atoms with E-state index in [9.17, 15) is 8.42 Å². The van der Waals surface area contributed by atoms with Crippen molar-refractivity contribution in [1.82, 2.24) is 0 Å². The van der Waals surface area contributed by atoms with Gasteiger partial charge in [-0.3, -0.25) is 0 Å². The average Bonchev–Trinajstić information content (AvgIpc) is 2.01. The second kappa shape index (κ2) is 3.66. The van der Waals surface area contributed by atoms with Gasteiger partial charge < -0.3 is 0 Å². The third-order valence-corrected chi connectivity index (χ3v) is 3.64. The van der Waals surface area contributed by atoms with Crippen molar-refractivity contribution in [3.05, 3.63) is 28.2 Å². The summed E-state index contributed by atoms with van der Waals surface area (Å²) in [7, 11) is 1.27. The van der Waals surface area contributed by atoms with Gasteiger partial charge in [-0.1, -0.05) is 6.07 Å². The number of halogens is 2. The predicted molar refractivity (Wildman–Crippen MR) is 51.9 cm³/mol. The van der Waals surface area contributed by atoms with E-state index in [4.69, 9.17) is 15.9 Å². The van der Waals surface area contributed by atoms with E-state index in [-0.39, 0.29) is 10.5 Å². The molecule has 0 saturated carbocycles. The van der Waals surface area contributed by atoms with Gasteiger partial charge in [0.05, 0.1) is 5.56 Å². The van der Waals surface area contributed by atoms with Crippen LogP contribution in [0.2, 0.25) is 0 Å². The van der Waals surface area contributed by atoms with Crippen molar-refractivity contribution in [2.75, 3.05) is 0 Å². The highest BCUT2D eigenvalue weighted by Gasteiger charge is 2.18. The van der Waals surface area contributed by atoms with Gasteiger partial charge in [-0.15, -0.1) is 0 Å². The lowest BCUT2D eigenvalue weighted by atomic mass is 10.2. The lowest BCUT2D eigenvalue weighted by Gasteiger charge is -2.00. The maximum atomic E-state index is 11.0. The van der Waals surface area contributed by atoms with E-state index in [2.05, 4.69) is 15.9 Å². The summed E-state index contributed by atoms with van der Waals surface area (Å²) in [5, 5.41) is 8.61. The van der Waals surface area contributed by atoms with E-state index in [1.54, 1.807) is 12.1 Å². The van der Waals surface area contributed by atoms with Crippen molar-refractivity contribution < 1.29 is 8.42 Å². The maximum Gasteiger partial charge on any atom is 0.263 e. The molecule has 0 aliphatic carbocycles. The molecule has 0 unspecified atom stereocenters. The molecule has 1 rings (SSSR count). The van der Waals surface area contributed by atoms with Crippen LogP contribution in [0.15, 0.2) is 27.6 Å². The van der Waals surface area contributed by atoms with Crippen LogP contribution < -0.4 is 0 Å². The Kier molecular flexibility index (Phi) is 2.96. The molecule has 3 nitrogen and oxygen atoms in total. The fourth-order valence-electron chi connectivity index (χ4n) is 0.845. The van der Waals surface area contributed by atoms with Crippen LogP contribution in [-0.2, 0) is 9.05 Å². The van der Waals surface area contributed by atoms with Gasteiger partial charge in [0.1, 0.15) is 11.0 Å². The molecule has 0 fully saturated rings. The lowest BCUT2D eigenvalue weighted by Crippen LogP contribution is -1.96. The number of rotatable bonds is 1. The highest BCUT2D eigenvalue weighted by Crippen LogP contribution is 2.27. The molecule has 0 aliphatic heterocycles. The van der Waals surface area contributed by atoms with E-state index in [0.717, 1.165) is 0 Å². The zero-order chi connectivity index (χ0) is 10.1. The molecule has 0 saturated heterocycles. The van der Waals surface area contributed by atoms with Crippen molar-refractivity contribution in [3.63, 3.8) is 0 Å². The Balaban J connectivity index is 3.62. The minimum absolute atomic E-state index is 0.0318. The van der Waals surface area contributed by atoms with Crippen molar-refractivity contribution in [2.45, 2.75) is 4.90 Å². The molecule has 68 valence electrons. The van der Waals surface area contributed by atoms with Gasteiger partial charge >= 0.3 is 0 Å². The van der Waals surface area contributed by atoms with Crippen LogP contribution >= 0.6 is 26.6 Å². The molecular formula is C7H3BrClNO2S. The molecular weight excluding hydrogens is 278 g/mol. The van der Waals surface area contributed by atoms with Gasteiger partial charge in [0.2, 0.25) is 0 Å². The van der Waals surface area contributed by atoms with Crippen LogP contribution in [0.5, 0.6) is 0 Å². The molecule has 6 heteroatoms. The van der Waals surface area contributed by atoms with E-state index < -0.39 is 9.05 Å². The van der Waals surface area contributed by atoms with Crippen molar-refractivity contribution in [1.29, 1.82) is 5.26 Å². The van der Waals surface area contributed by atoms with Crippen LogP contribution in [-0.4, -0.2) is 8.42 Å². The van der Waals surface area contributed by atoms with Crippen LogP contribution in [0.1, 0.15) is 5.56 Å². The number of hydrogen-bond acceptors (Lipinski definition) is 3. The van der Waals surface area contributed by atoms with E-state index in [0.29, 0.717) is 4.47 Å². The summed E-state index contributed by atoms with van der Waals surface area (Å²) in [6.45, 7) is 0. The molecule has 0 bridgehead atoms. The summed E-state index contributed by atoms with van der Waals surface area (Å²) >= 11 is 3.01. The molecule has 0 spiro atoms.